The van der Waals surface area contributed by atoms with Gasteiger partial charge in [0.05, 0.1) is 12.0 Å². The fourth-order valence-corrected chi connectivity index (χ4v) is 2.99. The molecule has 0 amide bonds. The van der Waals surface area contributed by atoms with E-state index in [0.29, 0.717) is 11.6 Å². The zero-order valence-corrected chi connectivity index (χ0v) is 12.1. The predicted molar refractivity (Wildman–Crippen MR) is 79.3 cm³/mol. The third-order valence-corrected chi connectivity index (χ3v) is 4.37. The van der Waals surface area contributed by atoms with E-state index in [2.05, 4.69) is 23.8 Å². The van der Waals surface area contributed by atoms with Gasteiger partial charge in [-0.05, 0) is 37.1 Å². The molecule has 0 aliphatic heterocycles. The fraction of sp³-hybridized carbons (Fsp3) is 0.200. The van der Waals surface area contributed by atoms with Gasteiger partial charge in [0.2, 0.25) is 5.88 Å². The van der Waals surface area contributed by atoms with Crippen molar-refractivity contribution in [2.45, 2.75) is 20.5 Å². The number of benzene rings is 1. The number of aliphatic hydroxyl groups is 1. The van der Waals surface area contributed by atoms with Crippen LogP contribution in [-0.4, -0.2) is 15.1 Å². The molecule has 0 aliphatic carbocycles. The maximum Gasteiger partial charge on any atom is 0.231 e. The highest BCUT2D eigenvalue weighted by atomic mass is 32.1. The van der Waals surface area contributed by atoms with E-state index in [9.17, 15) is 0 Å². The van der Waals surface area contributed by atoms with E-state index >= 15 is 0 Å². The molecule has 4 nitrogen and oxygen atoms in total. The Kier molecular flexibility index (Phi) is 3.38. The highest BCUT2D eigenvalue weighted by molar-refractivity contribution is 7.18. The van der Waals surface area contributed by atoms with Gasteiger partial charge in [-0.1, -0.05) is 12.1 Å². The van der Waals surface area contributed by atoms with Crippen LogP contribution in [0.2, 0.25) is 0 Å². The summed E-state index contributed by atoms with van der Waals surface area (Å²) in [5.74, 6) is 1.28. The first-order chi connectivity index (χ1) is 9.69. The van der Waals surface area contributed by atoms with Crippen molar-refractivity contribution in [2.24, 2.45) is 0 Å². The van der Waals surface area contributed by atoms with Gasteiger partial charge in [0.1, 0.15) is 16.9 Å². The van der Waals surface area contributed by atoms with Crippen molar-refractivity contribution in [1.82, 2.24) is 9.97 Å². The number of aliphatic hydroxyl groups excluding tert-OH is 1. The second-order valence-electron chi connectivity index (χ2n) is 4.55. The molecule has 1 aromatic carbocycles. The lowest BCUT2D eigenvalue weighted by Gasteiger charge is -2.06. The molecular weight excluding hydrogens is 272 g/mol. The van der Waals surface area contributed by atoms with Crippen LogP contribution in [0.3, 0.4) is 0 Å². The minimum atomic E-state index is 0.0286. The van der Waals surface area contributed by atoms with Crippen molar-refractivity contribution in [1.29, 1.82) is 0 Å². The Labute approximate surface area is 120 Å². The molecule has 0 atom stereocenters. The minimum Gasteiger partial charge on any atom is -0.438 e. The molecule has 0 aliphatic rings. The van der Waals surface area contributed by atoms with Crippen molar-refractivity contribution in [3.63, 3.8) is 0 Å². The van der Waals surface area contributed by atoms with Crippen molar-refractivity contribution in [3.05, 3.63) is 46.6 Å². The van der Waals surface area contributed by atoms with Crippen LogP contribution in [0.4, 0.5) is 0 Å². The largest absolute Gasteiger partial charge is 0.438 e. The van der Waals surface area contributed by atoms with Gasteiger partial charge in [0, 0.05) is 4.88 Å². The van der Waals surface area contributed by atoms with Crippen LogP contribution < -0.4 is 4.74 Å². The van der Waals surface area contributed by atoms with Crippen molar-refractivity contribution in [2.75, 3.05) is 0 Å². The van der Waals surface area contributed by atoms with Crippen LogP contribution in [0.25, 0.3) is 10.2 Å². The van der Waals surface area contributed by atoms with Gasteiger partial charge in [0.25, 0.3) is 0 Å². The lowest BCUT2D eigenvalue weighted by atomic mass is 10.2. The van der Waals surface area contributed by atoms with E-state index in [1.165, 1.54) is 11.2 Å². The van der Waals surface area contributed by atoms with Crippen molar-refractivity contribution < 1.29 is 9.84 Å². The Hall–Kier alpha value is -1.98. The van der Waals surface area contributed by atoms with Crippen molar-refractivity contribution in [3.8, 4) is 11.6 Å². The number of nitrogens with zero attached hydrogens (tertiary/aromatic N) is 2. The summed E-state index contributed by atoms with van der Waals surface area (Å²) in [6.45, 7) is 4.15. The van der Waals surface area contributed by atoms with Crippen LogP contribution in [-0.2, 0) is 6.61 Å². The summed E-state index contributed by atoms with van der Waals surface area (Å²) < 4.78 is 5.86. The van der Waals surface area contributed by atoms with Crippen LogP contribution in [0.5, 0.6) is 11.6 Å². The molecule has 0 saturated heterocycles. The van der Waals surface area contributed by atoms with Gasteiger partial charge in [-0.15, -0.1) is 11.3 Å². The molecule has 2 heterocycles. The molecule has 0 bridgehead atoms. The van der Waals surface area contributed by atoms with Gasteiger partial charge < -0.3 is 9.84 Å². The maximum absolute atomic E-state index is 9.04. The first-order valence-electron chi connectivity index (χ1n) is 6.27. The Morgan fingerprint density at radius 3 is 2.60 bits per heavy atom. The quantitative estimate of drug-likeness (QED) is 0.799. The summed E-state index contributed by atoms with van der Waals surface area (Å²) in [6, 6.07) is 7.32. The molecule has 3 rings (SSSR count). The minimum absolute atomic E-state index is 0.0286. The average Bonchev–Trinajstić information content (AvgIpc) is 2.76. The molecular formula is C15H14N2O2S. The van der Waals surface area contributed by atoms with Gasteiger partial charge in [0.15, 0.2) is 0 Å². The van der Waals surface area contributed by atoms with Gasteiger partial charge >= 0.3 is 0 Å². The van der Waals surface area contributed by atoms with E-state index in [-0.39, 0.29) is 6.61 Å². The summed E-state index contributed by atoms with van der Waals surface area (Å²) in [5.41, 5.74) is 2.01. The summed E-state index contributed by atoms with van der Waals surface area (Å²) in [7, 11) is 0. The summed E-state index contributed by atoms with van der Waals surface area (Å²) >= 11 is 1.65. The molecule has 1 N–H and O–H groups in total. The molecule has 3 aromatic rings. The zero-order chi connectivity index (χ0) is 14.1. The molecule has 0 spiro atoms. The van der Waals surface area contributed by atoms with Crippen molar-refractivity contribution >= 4 is 21.6 Å². The van der Waals surface area contributed by atoms with Gasteiger partial charge in [-0.3, -0.25) is 0 Å². The van der Waals surface area contributed by atoms with Gasteiger partial charge in [-0.2, -0.15) is 0 Å². The summed E-state index contributed by atoms with van der Waals surface area (Å²) in [4.78, 5) is 10.7. The average molecular weight is 286 g/mol. The fourth-order valence-electron chi connectivity index (χ4n) is 2.00. The van der Waals surface area contributed by atoms with Crippen LogP contribution in [0.1, 0.15) is 16.0 Å². The number of thiophene rings is 1. The Morgan fingerprint density at radius 1 is 1.15 bits per heavy atom. The number of aromatic nitrogens is 2. The van der Waals surface area contributed by atoms with E-state index in [4.69, 9.17) is 9.84 Å². The molecule has 0 fully saturated rings. The van der Waals surface area contributed by atoms with E-state index in [0.717, 1.165) is 21.3 Å². The Morgan fingerprint density at radius 2 is 1.90 bits per heavy atom. The second kappa shape index (κ2) is 5.19. The predicted octanol–water partition coefficient (Wildman–Crippen LogP) is 3.59. The lowest BCUT2D eigenvalue weighted by Crippen LogP contribution is -1.91. The van der Waals surface area contributed by atoms with E-state index < -0.39 is 0 Å². The topological polar surface area (TPSA) is 55.2 Å². The second-order valence-corrected chi connectivity index (χ2v) is 5.75. The molecule has 20 heavy (non-hydrogen) atoms. The van der Waals surface area contributed by atoms with Gasteiger partial charge in [-0.25, -0.2) is 9.97 Å². The van der Waals surface area contributed by atoms with E-state index in [1.807, 2.05) is 24.3 Å². The molecule has 0 unspecified atom stereocenters. The first kappa shape index (κ1) is 13.0. The monoisotopic (exact) mass is 286 g/mol. The normalized spacial score (nSPS) is 10.9. The lowest BCUT2D eigenvalue weighted by molar-refractivity contribution is 0.281. The molecule has 2 aromatic heterocycles. The number of hydrogen-bond acceptors (Lipinski definition) is 5. The van der Waals surface area contributed by atoms with Crippen LogP contribution >= 0.6 is 11.3 Å². The molecule has 0 radical (unpaired) electrons. The summed E-state index contributed by atoms with van der Waals surface area (Å²) in [6.07, 6.45) is 1.52. The summed E-state index contributed by atoms with van der Waals surface area (Å²) in [5, 5.41) is 10.0. The maximum atomic E-state index is 9.04. The number of rotatable bonds is 3. The molecule has 102 valence electrons. The van der Waals surface area contributed by atoms with Crippen LogP contribution in [0.15, 0.2) is 30.6 Å². The SMILES string of the molecule is Cc1sc2ncnc(Oc3ccc(CO)cc3)c2c1C. The third kappa shape index (κ3) is 2.26. The molecule has 0 saturated carbocycles. The Balaban J connectivity index is 2.01. The standard InChI is InChI=1S/C15H14N2O2S/c1-9-10(2)20-15-13(9)14(16-8-17-15)19-12-5-3-11(7-18)4-6-12/h3-6,8,18H,7H2,1-2H3. The van der Waals surface area contributed by atoms with E-state index in [1.54, 1.807) is 11.3 Å². The smallest absolute Gasteiger partial charge is 0.231 e. The Bertz CT molecular complexity index is 750. The number of hydrogen-bond donors (Lipinski definition) is 1. The number of aryl methyl sites for hydroxylation is 2. The number of ether oxygens (including phenoxy) is 1. The molecule has 5 heteroatoms. The number of fused-ring (bicyclic) bond motifs is 1. The van der Waals surface area contributed by atoms with Crippen LogP contribution in [0, 0.1) is 13.8 Å². The third-order valence-electron chi connectivity index (χ3n) is 3.25. The zero-order valence-electron chi connectivity index (χ0n) is 11.3. The highest BCUT2D eigenvalue weighted by Crippen LogP contribution is 2.35. The first-order valence-corrected chi connectivity index (χ1v) is 7.09. The highest BCUT2D eigenvalue weighted by Gasteiger charge is 2.13.